The molecule has 0 unspecified atom stereocenters. The number of halogens is 1. The van der Waals surface area contributed by atoms with Gasteiger partial charge in [-0.3, -0.25) is 0 Å². The maximum Gasteiger partial charge on any atom is 0.208 e. The van der Waals surface area contributed by atoms with Gasteiger partial charge in [0.1, 0.15) is 5.01 Å². The van der Waals surface area contributed by atoms with E-state index in [0.717, 1.165) is 38.9 Å². The molecule has 1 aliphatic carbocycles. The topological polar surface area (TPSA) is 30.2 Å². The first kappa shape index (κ1) is 16.0. The quantitative estimate of drug-likeness (QED) is 0.780. The van der Waals surface area contributed by atoms with Crippen molar-refractivity contribution in [2.45, 2.75) is 19.8 Å². The highest BCUT2D eigenvalue weighted by molar-refractivity contribution is 7.12. The Kier molecular flexibility index (Phi) is 4.94. The van der Waals surface area contributed by atoms with E-state index in [1.165, 1.54) is 5.57 Å². The van der Waals surface area contributed by atoms with Crippen molar-refractivity contribution in [2.24, 2.45) is 12.0 Å². The number of rotatable bonds is 3. The summed E-state index contributed by atoms with van der Waals surface area (Å²) >= 11 is 7.53. The average molecular weight is 344 g/mol. The summed E-state index contributed by atoms with van der Waals surface area (Å²) in [5.74, 6) is 0. The zero-order chi connectivity index (χ0) is 16.2. The van der Waals surface area contributed by atoms with Crippen LogP contribution in [0.25, 0.3) is 10.6 Å². The van der Waals surface area contributed by atoms with Gasteiger partial charge in [0.25, 0.3) is 0 Å². The highest BCUT2D eigenvalue weighted by Gasteiger charge is 2.08. The molecule has 0 N–H and O–H groups in total. The van der Waals surface area contributed by atoms with Crippen LogP contribution in [0.15, 0.2) is 64.8 Å². The number of allylic oxidation sites excluding steroid dienone is 5. The molecule has 3 nitrogen and oxygen atoms in total. The van der Waals surface area contributed by atoms with Gasteiger partial charge in [-0.05, 0) is 36.6 Å². The van der Waals surface area contributed by atoms with Crippen LogP contribution in [-0.4, -0.2) is 9.78 Å². The minimum absolute atomic E-state index is 0.729. The zero-order valence-corrected chi connectivity index (χ0v) is 14.7. The molecule has 0 saturated carbocycles. The summed E-state index contributed by atoms with van der Waals surface area (Å²) in [5.41, 5.74) is 3.34. The maximum absolute atomic E-state index is 5.95. The van der Waals surface area contributed by atoms with Gasteiger partial charge in [0.2, 0.25) is 4.80 Å². The lowest BCUT2D eigenvalue weighted by molar-refractivity contribution is 0.729. The standard InChI is InChI=1S/C18H18ClN3S/c1-3-13-7-5-4-6-8-16(13)20-18-22(2)21-17(23-18)14-9-11-15(19)12-10-14/h4,6-12H,3,5H2,1-2H3. The van der Waals surface area contributed by atoms with Crippen molar-refractivity contribution < 1.29 is 0 Å². The lowest BCUT2D eigenvalue weighted by Crippen LogP contribution is -2.12. The number of aryl methyl sites for hydroxylation is 1. The predicted octanol–water partition coefficient (Wildman–Crippen LogP) is 4.88. The number of aromatic nitrogens is 2. The van der Waals surface area contributed by atoms with Crippen LogP contribution in [-0.2, 0) is 7.05 Å². The molecule has 5 heteroatoms. The molecule has 0 aliphatic heterocycles. The fourth-order valence-corrected chi connectivity index (χ4v) is 3.39. The Morgan fingerprint density at radius 2 is 2.09 bits per heavy atom. The van der Waals surface area contributed by atoms with Gasteiger partial charge in [-0.15, -0.1) is 0 Å². The summed E-state index contributed by atoms with van der Waals surface area (Å²) in [6.45, 7) is 2.16. The predicted molar refractivity (Wildman–Crippen MR) is 97.3 cm³/mol. The molecule has 3 rings (SSSR count). The molecule has 0 bridgehead atoms. The monoisotopic (exact) mass is 343 g/mol. The van der Waals surface area contributed by atoms with E-state index in [1.807, 2.05) is 36.0 Å². The number of nitrogens with zero attached hydrogens (tertiary/aromatic N) is 3. The van der Waals surface area contributed by atoms with Gasteiger partial charge in [0.05, 0.1) is 5.70 Å². The van der Waals surface area contributed by atoms with Crippen molar-refractivity contribution in [3.8, 4) is 10.6 Å². The Morgan fingerprint density at radius 1 is 1.30 bits per heavy atom. The third-order valence-electron chi connectivity index (χ3n) is 3.61. The van der Waals surface area contributed by atoms with Crippen LogP contribution < -0.4 is 4.80 Å². The van der Waals surface area contributed by atoms with Crippen molar-refractivity contribution >= 4 is 22.9 Å². The average Bonchev–Trinajstić information content (AvgIpc) is 2.78. The number of benzene rings is 1. The van der Waals surface area contributed by atoms with Gasteiger partial charge in [-0.25, -0.2) is 9.67 Å². The lowest BCUT2D eigenvalue weighted by Gasteiger charge is -2.02. The van der Waals surface area contributed by atoms with E-state index in [2.05, 4.69) is 36.3 Å². The Labute approximate surface area is 145 Å². The molecule has 1 aromatic heterocycles. The van der Waals surface area contributed by atoms with Gasteiger partial charge in [0, 0.05) is 17.6 Å². The fraction of sp³-hybridized carbons (Fsp3) is 0.222. The van der Waals surface area contributed by atoms with Gasteiger partial charge in [-0.1, -0.05) is 60.2 Å². The van der Waals surface area contributed by atoms with Crippen molar-refractivity contribution in [3.05, 3.63) is 69.7 Å². The molecule has 2 aromatic rings. The smallest absolute Gasteiger partial charge is 0.208 e. The van der Waals surface area contributed by atoms with Crippen LogP contribution in [0.4, 0.5) is 0 Å². The number of hydrogen-bond acceptors (Lipinski definition) is 3. The second-order valence-corrected chi connectivity index (χ2v) is 6.62. The molecule has 0 atom stereocenters. The maximum atomic E-state index is 5.95. The van der Waals surface area contributed by atoms with Gasteiger partial charge in [0.15, 0.2) is 0 Å². The normalized spacial score (nSPS) is 15.3. The molecule has 1 aliphatic rings. The van der Waals surface area contributed by atoms with Crippen LogP contribution in [0.1, 0.15) is 19.8 Å². The van der Waals surface area contributed by atoms with E-state index >= 15 is 0 Å². The van der Waals surface area contributed by atoms with E-state index in [1.54, 1.807) is 11.3 Å². The van der Waals surface area contributed by atoms with E-state index in [9.17, 15) is 0 Å². The number of hydrogen-bond donors (Lipinski definition) is 0. The summed E-state index contributed by atoms with van der Waals surface area (Å²) < 4.78 is 1.83. The molecule has 0 amide bonds. The molecule has 1 aromatic carbocycles. The van der Waals surface area contributed by atoms with E-state index < -0.39 is 0 Å². The molecule has 0 spiro atoms. The summed E-state index contributed by atoms with van der Waals surface area (Å²) in [6, 6.07) is 7.73. The van der Waals surface area contributed by atoms with Crippen LogP contribution in [0.2, 0.25) is 5.02 Å². The van der Waals surface area contributed by atoms with Crippen LogP contribution >= 0.6 is 22.9 Å². The Hall–Kier alpha value is -1.91. The van der Waals surface area contributed by atoms with Gasteiger partial charge >= 0.3 is 0 Å². The van der Waals surface area contributed by atoms with Crippen molar-refractivity contribution in [1.82, 2.24) is 9.78 Å². The van der Waals surface area contributed by atoms with Crippen molar-refractivity contribution in [3.63, 3.8) is 0 Å². The van der Waals surface area contributed by atoms with Crippen LogP contribution in [0.3, 0.4) is 0 Å². The molecular formula is C18H18ClN3S. The van der Waals surface area contributed by atoms with Gasteiger partial charge in [-0.2, -0.15) is 5.10 Å². The van der Waals surface area contributed by atoms with Gasteiger partial charge < -0.3 is 0 Å². The van der Waals surface area contributed by atoms with E-state index in [4.69, 9.17) is 16.6 Å². The lowest BCUT2D eigenvalue weighted by atomic mass is 10.1. The SMILES string of the molecule is CCC1=CCC=CC=C1N=c1sc(-c2ccc(Cl)cc2)nn1C. The first-order valence-electron chi connectivity index (χ1n) is 7.58. The Balaban J connectivity index is 2.02. The Morgan fingerprint density at radius 3 is 2.83 bits per heavy atom. The summed E-state index contributed by atoms with van der Waals surface area (Å²) in [7, 11) is 1.93. The molecule has 0 radical (unpaired) electrons. The molecule has 118 valence electrons. The van der Waals surface area contributed by atoms with E-state index in [-0.39, 0.29) is 0 Å². The molecule has 23 heavy (non-hydrogen) atoms. The molecule has 0 saturated heterocycles. The first-order valence-corrected chi connectivity index (χ1v) is 8.78. The third-order valence-corrected chi connectivity index (χ3v) is 4.91. The van der Waals surface area contributed by atoms with Crippen LogP contribution in [0.5, 0.6) is 0 Å². The Bertz CT molecular complexity index is 851. The third kappa shape index (κ3) is 3.71. The molecule has 1 heterocycles. The molecular weight excluding hydrogens is 326 g/mol. The van der Waals surface area contributed by atoms with Crippen molar-refractivity contribution in [1.29, 1.82) is 0 Å². The summed E-state index contributed by atoms with van der Waals surface area (Å²) in [6.07, 6.45) is 10.5. The zero-order valence-electron chi connectivity index (χ0n) is 13.2. The second kappa shape index (κ2) is 7.11. The second-order valence-electron chi connectivity index (χ2n) is 5.23. The summed E-state index contributed by atoms with van der Waals surface area (Å²) in [5, 5.41) is 6.25. The fourth-order valence-electron chi connectivity index (χ4n) is 2.35. The summed E-state index contributed by atoms with van der Waals surface area (Å²) in [4.78, 5) is 5.71. The highest BCUT2D eigenvalue weighted by Crippen LogP contribution is 2.22. The van der Waals surface area contributed by atoms with Crippen molar-refractivity contribution in [2.75, 3.05) is 0 Å². The van der Waals surface area contributed by atoms with E-state index in [0.29, 0.717) is 0 Å². The van der Waals surface area contributed by atoms with Crippen LogP contribution in [0, 0.1) is 0 Å². The largest absolute Gasteiger partial charge is 0.241 e. The first-order chi connectivity index (χ1) is 11.2. The minimum atomic E-state index is 0.729. The molecule has 0 fully saturated rings. The highest BCUT2D eigenvalue weighted by atomic mass is 35.5. The minimum Gasteiger partial charge on any atom is -0.241 e.